The number of nitrogens with one attached hydrogen (secondary N) is 1. The van der Waals surface area contributed by atoms with Crippen molar-refractivity contribution in [1.29, 1.82) is 0 Å². The Hall–Kier alpha value is -1.43. The molecule has 1 unspecified atom stereocenters. The van der Waals surface area contributed by atoms with Crippen molar-refractivity contribution in [1.82, 2.24) is 5.32 Å². The van der Waals surface area contributed by atoms with Gasteiger partial charge in [0.15, 0.2) is 11.5 Å². The third kappa shape index (κ3) is 3.26. The fraction of sp³-hybridized carbons (Fsp3) is 0.600. The van der Waals surface area contributed by atoms with Gasteiger partial charge in [-0.05, 0) is 43.5 Å². The molecule has 2 heterocycles. The monoisotopic (exact) mass is 301 g/mol. The van der Waals surface area contributed by atoms with Gasteiger partial charge in [0, 0.05) is 6.04 Å². The van der Waals surface area contributed by atoms with Crippen LogP contribution >= 0.6 is 0 Å². The number of hydrogen-bond acceptors (Lipinski definition) is 3. The number of benzene rings is 1. The zero-order valence-corrected chi connectivity index (χ0v) is 11.6. The standard InChI is InChI=1S/C15H18F3NO2/c16-15(17,18)12-9-14-13(20-5-6-21-14)8-10(12)7-11-3-1-2-4-19-11/h8-9,11,19H,1-7H2. The Bertz CT molecular complexity index is 510. The average Bonchev–Trinajstić information content (AvgIpc) is 2.46. The largest absolute Gasteiger partial charge is 0.486 e. The molecule has 2 aliphatic rings. The van der Waals surface area contributed by atoms with E-state index in [9.17, 15) is 13.2 Å². The predicted molar refractivity (Wildman–Crippen MR) is 71.8 cm³/mol. The average molecular weight is 301 g/mol. The molecule has 0 bridgehead atoms. The van der Waals surface area contributed by atoms with Gasteiger partial charge in [0.2, 0.25) is 0 Å². The SMILES string of the molecule is FC(F)(F)c1cc2c(cc1CC1CCCCN1)OCCO2. The summed E-state index contributed by atoms with van der Waals surface area (Å²) in [6.45, 7) is 1.53. The van der Waals surface area contributed by atoms with Crippen LogP contribution in [0.2, 0.25) is 0 Å². The molecule has 1 saturated heterocycles. The molecule has 0 aliphatic carbocycles. The fourth-order valence-electron chi connectivity index (χ4n) is 2.93. The Kier molecular flexibility index (Phi) is 3.97. The highest BCUT2D eigenvalue weighted by molar-refractivity contribution is 5.49. The van der Waals surface area contributed by atoms with Crippen LogP contribution in [0.1, 0.15) is 30.4 Å². The first-order valence-corrected chi connectivity index (χ1v) is 7.27. The van der Waals surface area contributed by atoms with E-state index in [1.54, 1.807) is 0 Å². The third-order valence-electron chi connectivity index (χ3n) is 3.95. The highest BCUT2D eigenvalue weighted by Crippen LogP contribution is 2.41. The van der Waals surface area contributed by atoms with Crippen LogP contribution in [0.5, 0.6) is 11.5 Å². The smallest absolute Gasteiger partial charge is 0.416 e. The van der Waals surface area contributed by atoms with Crippen molar-refractivity contribution in [3.63, 3.8) is 0 Å². The molecule has 116 valence electrons. The summed E-state index contributed by atoms with van der Waals surface area (Å²) in [5, 5.41) is 3.29. The van der Waals surface area contributed by atoms with Crippen molar-refractivity contribution < 1.29 is 22.6 Å². The lowest BCUT2D eigenvalue weighted by atomic mass is 9.94. The molecule has 3 rings (SSSR count). The number of rotatable bonds is 2. The molecule has 0 amide bonds. The maximum absolute atomic E-state index is 13.3. The predicted octanol–water partition coefficient (Wildman–Crippen LogP) is 3.16. The molecular formula is C15H18F3NO2. The van der Waals surface area contributed by atoms with Crippen LogP contribution in [0.15, 0.2) is 12.1 Å². The lowest BCUT2D eigenvalue weighted by Crippen LogP contribution is -2.36. The highest BCUT2D eigenvalue weighted by atomic mass is 19.4. The maximum atomic E-state index is 13.3. The van der Waals surface area contributed by atoms with Gasteiger partial charge in [-0.25, -0.2) is 0 Å². The van der Waals surface area contributed by atoms with Gasteiger partial charge >= 0.3 is 6.18 Å². The van der Waals surface area contributed by atoms with E-state index in [0.717, 1.165) is 31.9 Å². The van der Waals surface area contributed by atoms with Crippen molar-refractivity contribution in [3.8, 4) is 11.5 Å². The van der Waals surface area contributed by atoms with Gasteiger partial charge < -0.3 is 14.8 Å². The van der Waals surface area contributed by atoms with E-state index in [-0.39, 0.29) is 24.0 Å². The van der Waals surface area contributed by atoms with Gasteiger partial charge in [0.1, 0.15) is 13.2 Å². The Morgan fingerprint density at radius 2 is 1.81 bits per heavy atom. The van der Waals surface area contributed by atoms with E-state index in [0.29, 0.717) is 18.8 Å². The number of ether oxygens (including phenoxy) is 2. The van der Waals surface area contributed by atoms with E-state index in [2.05, 4.69) is 5.32 Å². The first kappa shape index (κ1) is 14.5. The van der Waals surface area contributed by atoms with E-state index < -0.39 is 11.7 Å². The molecule has 0 aromatic heterocycles. The minimum atomic E-state index is -4.38. The first-order valence-electron chi connectivity index (χ1n) is 7.27. The molecule has 0 radical (unpaired) electrons. The summed E-state index contributed by atoms with van der Waals surface area (Å²) in [5.41, 5.74) is -0.328. The molecule has 6 heteroatoms. The minimum absolute atomic E-state index is 0.0995. The Balaban J connectivity index is 1.92. The molecule has 1 aromatic rings. The van der Waals surface area contributed by atoms with Crippen LogP contribution < -0.4 is 14.8 Å². The maximum Gasteiger partial charge on any atom is 0.416 e. The molecule has 0 spiro atoms. The van der Waals surface area contributed by atoms with Crippen LogP contribution in [0.25, 0.3) is 0 Å². The van der Waals surface area contributed by atoms with Gasteiger partial charge in [-0.3, -0.25) is 0 Å². The molecule has 1 N–H and O–H groups in total. The summed E-state index contributed by atoms with van der Waals surface area (Å²) in [5.74, 6) is 0.606. The van der Waals surface area contributed by atoms with Crippen LogP contribution in [0, 0.1) is 0 Å². The van der Waals surface area contributed by atoms with Crippen molar-refractivity contribution in [2.75, 3.05) is 19.8 Å². The minimum Gasteiger partial charge on any atom is -0.486 e. The number of hydrogen-bond donors (Lipinski definition) is 1. The summed E-state index contributed by atoms with van der Waals surface area (Å²) in [6, 6.07) is 2.67. The molecule has 21 heavy (non-hydrogen) atoms. The Morgan fingerprint density at radius 3 is 2.43 bits per heavy atom. The molecule has 1 fully saturated rings. The van der Waals surface area contributed by atoms with E-state index >= 15 is 0 Å². The van der Waals surface area contributed by atoms with E-state index in [4.69, 9.17) is 9.47 Å². The van der Waals surface area contributed by atoms with Gasteiger partial charge in [-0.15, -0.1) is 0 Å². The van der Waals surface area contributed by atoms with Crippen LogP contribution in [-0.2, 0) is 12.6 Å². The van der Waals surface area contributed by atoms with Crippen LogP contribution in [0.4, 0.5) is 13.2 Å². The number of halogens is 3. The molecule has 2 aliphatic heterocycles. The summed E-state index contributed by atoms with van der Waals surface area (Å²) in [4.78, 5) is 0. The van der Waals surface area contributed by atoms with Gasteiger partial charge in [0.25, 0.3) is 0 Å². The summed E-state index contributed by atoms with van der Waals surface area (Å²) in [7, 11) is 0. The zero-order chi connectivity index (χ0) is 14.9. The Labute approximate surface area is 121 Å². The van der Waals surface area contributed by atoms with E-state index in [1.807, 2.05) is 0 Å². The number of alkyl halides is 3. The second-order valence-corrected chi connectivity index (χ2v) is 5.50. The lowest BCUT2D eigenvalue weighted by Gasteiger charge is -2.26. The van der Waals surface area contributed by atoms with Crippen molar-refractivity contribution in [2.45, 2.75) is 37.9 Å². The quantitative estimate of drug-likeness (QED) is 0.910. The molecule has 0 saturated carbocycles. The summed E-state index contributed by atoms with van der Waals surface area (Å²) < 4.78 is 50.4. The van der Waals surface area contributed by atoms with Gasteiger partial charge in [-0.2, -0.15) is 13.2 Å². The van der Waals surface area contributed by atoms with Crippen molar-refractivity contribution in [2.24, 2.45) is 0 Å². The fourth-order valence-corrected chi connectivity index (χ4v) is 2.93. The van der Waals surface area contributed by atoms with E-state index in [1.165, 1.54) is 6.07 Å². The normalized spacial score (nSPS) is 22.1. The second kappa shape index (κ2) is 5.75. The highest BCUT2D eigenvalue weighted by Gasteiger charge is 2.36. The summed E-state index contributed by atoms with van der Waals surface area (Å²) in [6.07, 6.45) is -0.954. The lowest BCUT2D eigenvalue weighted by molar-refractivity contribution is -0.138. The molecule has 3 nitrogen and oxygen atoms in total. The van der Waals surface area contributed by atoms with Crippen molar-refractivity contribution in [3.05, 3.63) is 23.3 Å². The number of piperidine rings is 1. The molecular weight excluding hydrogens is 283 g/mol. The Morgan fingerprint density at radius 1 is 1.10 bits per heavy atom. The molecule has 1 aromatic carbocycles. The zero-order valence-electron chi connectivity index (χ0n) is 11.6. The van der Waals surface area contributed by atoms with Crippen LogP contribution in [0.3, 0.4) is 0 Å². The third-order valence-corrected chi connectivity index (χ3v) is 3.95. The van der Waals surface area contributed by atoms with Gasteiger partial charge in [-0.1, -0.05) is 6.42 Å². The first-order chi connectivity index (χ1) is 10.0. The molecule has 1 atom stereocenters. The second-order valence-electron chi connectivity index (χ2n) is 5.50. The topological polar surface area (TPSA) is 30.5 Å². The number of fused-ring (bicyclic) bond motifs is 1. The van der Waals surface area contributed by atoms with Gasteiger partial charge in [0.05, 0.1) is 5.56 Å². The van der Waals surface area contributed by atoms with Crippen LogP contribution in [-0.4, -0.2) is 25.8 Å². The summed E-state index contributed by atoms with van der Waals surface area (Å²) >= 11 is 0. The van der Waals surface area contributed by atoms with Crippen molar-refractivity contribution >= 4 is 0 Å².